The van der Waals surface area contributed by atoms with E-state index < -0.39 is 0 Å². The quantitative estimate of drug-likeness (QED) is 0.251. The zero-order valence-electron chi connectivity index (χ0n) is 18.4. The third-order valence-electron chi connectivity index (χ3n) is 6.10. The molecule has 4 heteroatoms. The zero-order valence-corrected chi connectivity index (χ0v) is 18.4. The number of benzene rings is 4. The molecule has 1 atom stereocenters. The van der Waals surface area contributed by atoms with Crippen LogP contribution in [0.4, 0.5) is 0 Å². The Morgan fingerprint density at radius 3 is 1.61 bits per heavy atom. The molecule has 0 aliphatic rings. The van der Waals surface area contributed by atoms with Crippen molar-refractivity contribution in [3.8, 4) is 34.1 Å². The Labute approximate surface area is 194 Å². The van der Waals surface area contributed by atoms with Gasteiger partial charge in [0.15, 0.2) is 0 Å². The van der Waals surface area contributed by atoms with Gasteiger partial charge in [-0.1, -0.05) is 42.5 Å². The van der Waals surface area contributed by atoms with Crippen molar-refractivity contribution >= 4 is 0 Å². The SMILES string of the molecule is Oc1ccc(CCC(CCc2ccc(O)c(-c3ccc(O)cc3)c2)c2ccc(O)cc2)cc1. The number of aromatic hydroxyl groups is 4. The fourth-order valence-corrected chi connectivity index (χ4v) is 4.18. The first kappa shape index (κ1) is 22.3. The molecule has 0 fully saturated rings. The third kappa shape index (κ3) is 5.86. The van der Waals surface area contributed by atoms with Gasteiger partial charge in [0.05, 0.1) is 0 Å². The number of aryl methyl sites for hydroxylation is 2. The van der Waals surface area contributed by atoms with E-state index in [0.29, 0.717) is 5.92 Å². The Morgan fingerprint density at radius 2 is 1.00 bits per heavy atom. The smallest absolute Gasteiger partial charge is 0.123 e. The predicted molar refractivity (Wildman–Crippen MR) is 131 cm³/mol. The highest BCUT2D eigenvalue weighted by molar-refractivity contribution is 5.71. The molecule has 4 aromatic rings. The molecule has 0 radical (unpaired) electrons. The zero-order chi connectivity index (χ0) is 23.2. The summed E-state index contributed by atoms with van der Waals surface area (Å²) in [5.74, 6) is 1.23. The summed E-state index contributed by atoms with van der Waals surface area (Å²) >= 11 is 0. The Hall–Kier alpha value is -3.92. The van der Waals surface area contributed by atoms with Gasteiger partial charge >= 0.3 is 0 Å². The standard InChI is InChI=1S/C29H28O4/c30-25-12-3-20(4-13-25)1-6-22(23-8-14-26(31)15-9-23)7-2-21-5-18-29(33)28(19-21)24-10-16-27(32)17-11-24/h3-5,8-19,22,30-33H,1-2,6-7H2. The van der Waals surface area contributed by atoms with E-state index in [2.05, 4.69) is 0 Å². The number of hydrogen-bond donors (Lipinski definition) is 4. The summed E-state index contributed by atoms with van der Waals surface area (Å²) < 4.78 is 0. The van der Waals surface area contributed by atoms with Crippen molar-refractivity contribution in [1.82, 2.24) is 0 Å². The van der Waals surface area contributed by atoms with Gasteiger partial charge in [0.25, 0.3) is 0 Å². The first-order chi connectivity index (χ1) is 16.0. The lowest BCUT2D eigenvalue weighted by molar-refractivity contribution is 0.473. The lowest BCUT2D eigenvalue weighted by Gasteiger charge is -2.18. The van der Waals surface area contributed by atoms with Gasteiger partial charge in [0.2, 0.25) is 0 Å². The number of phenolic OH excluding ortho intramolecular Hbond substituents is 4. The Kier molecular flexibility index (Phi) is 6.84. The van der Waals surface area contributed by atoms with E-state index in [-0.39, 0.29) is 23.0 Å². The van der Waals surface area contributed by atoms with E-state index in [0.717, 1.165) is 42.4 Å². The van der Waals surface area contributed by atoms with E-state index in [1.807, 2.05) is 36.4 Å². The van der Waals surface area contributed by atoms with Crippen LogP contribution < -0.4 is 0 Å². The van der Waals surface area contributed by atoms with Crippen LogP contribution in [0.2, 0.25) is 0 Å². The van der Waals surface area contributed by atoms with Crippen LogP contribution in [0.5, 0.6) is 23.0 Å². The molecule has 0 amide bonds. The van der Waals surface area contributed by atoms with Crippen LogP contribution in [-0.2, 0) is 12.8 Å². The van der Waals surface area contributed by atoms with Crippen molar-refractivity contribution in [2.24, 2.45) is 0 Å². The van der Waals surface area contributed by atoms with Gasteiger partial charge in [-0.25, -0.2) is 0 Å². The fraction of sp³-hybridized carbons (Fsp3) is 0.172. The third-order valence-corrected chi connectivity index (χ3v) is 6.10. The van der Waals surface area contributed by atoms with Gasteiger partial charge in [-0.15, -0.1) is 0 Å². The summed E-state index contributed by atoms with van der Waals surface area (Å²) in [6, 6.07) is 27.3. The summed E-state index contributed by atoms with van der Waals surface area (Å²) in [7, 11) is 0. The van der Waals surface area contributed by atoms with E-state index in [1.165, 1.54) is 11.1 Å². The molecule has 0 saturated heterocycles. The van der Waals surface area contributed by atoms with Gasteiger partial charge in [0.1, 0.15) is 23.0 Å². The second kappa shape index (κ2) is 10.1. The van der Waals surface area contributed by atoms with Crippen molar-refractivity contribution < 1.29 is 20.4 Å². The monoisotopic (exact) mass is 440 g/mol. The van der Waals surface area contributed by atoms with Gasteiger partial charge in [0, 0.05) is 5.56 Å². The molecule has 4 aromatic carbocycles. The van der Waals surface area contributed by atoms with E-state index in [1.54, 1.807) is 54.6 Å². The van der Waals surface area contributed by atoms with Crippen molar-refractivity contribution in [3.05, 3.63) is 108 Å². The molecule has 4 rings (SSSR count). The molecule has 1 unspecified atom stereocenters. The molecule has 168 valence electrons. The molecule has 33 heavy (non-hydrogen) atoms. The Morgan fingerprint density at radius 1 is 0.515 bits per heavy atom. The number of rotatable bonds is 8. The Bertz CT molecular complexity index is 1180. The van der Waals surface area contributed by atoms with Crippen molar-refractivity contribution in [1.29, 1.82) is 0 Å². The van der Waals surface area contributed by atoms with Crippen LogP contribution >= 0.6 is 0 Å². The molecule has 4 N–H and O–H groups in total. The lowest BCUT2D eigenvalue weighted by atomic mass is 9.87. The lowest BCUT2D eigenvalue weighted by Crippen LogP contribution is -2.03. The van der Waals surface area contributed by atoms with Crippen LogP contribution in [-0.4, -0.2) is 20.4 Å². The van der Waals surface area contributed by atoms with Gasteiger partial charge < -0.3 is 20.4 Å². The average Bonchev–Trinajstić information content (AvgIpc) is 2.82. The maximum absolute atomic E-state index is 10.4. The Balaban J connectivity index is 1.51. The fourth-order valence-electron chi connectivity index (χ4n) is 4.18. The van der Waals surface area contributed by atoms with Gasteiger partial charge in [-0.05, 0) is 102 Å². The molecular formula is C29H28O4. The van der Waals surface area contributed by atoms with Crippen LogP contribution in [0.1, 0.15) is 35.4 Å². The summed E-state index contributed by atoms with van der Waals surface area (Å²) in [4.78, 5) is 0. The van der Waals surface area contributed by atoms with E-state index in [9.17, 15) is 20.4 Å². The van der Waals surface area contributed by atoms with E-state index >= 15 is 0 Å². The molecule has 0 aromatic heterocycles. The summed E-state index contributed by atoms with van der Waals surface area (Å²) in [6.07, 6.45) is 3.59. The van der Waals surface area contributed by atoms with Crippen LogP contribution in [0, 0.1) is 0 Å². The topological polar surface area (TPSA) is 80.9 Å². The van der Waals surface area contributed by atoms with E-state index in [4.69, 9.17) is 0 Å². The summed E-state index contributed by atoms with van der Waals surface area (Å²) in [5, 5.41) is 39.2. The molecule has 0 aliphatic heterocycles. The second-order valence-corrected chi connectivity index (χ2v) is 8.43. The van der Waals surface area contributed by atoms with Gasteiger partial charge in [-0.3, -0.25) is 0 Å². The number of phenols is 4. The van der Waals surface area contributed by atoms with Crippen LogP contribution in [0.15, 0.2) is 91.0 Å². The van der Waals surface area contributed by atoms with Gasteiger partial charge in [-0.2, -0.15) is 0 Å². The molecular weight excluding hydrogens is 412 g/mol. The molecule has 0 bridgehead atoms. The minimum atomic E-state index is 0.194. The minimum Gasteiger partial charge on any atom is -0.508 e. The normalized spacial score (nSPS) is 11.9. The first-order valence-electron chi connectivity index (χ1n) is 11.2. The minimum absolute atomic E-state index is 0.194. The average molecular weight is 441 g/mol. The van der Waals surface area contributed by atoms with Crippen molar-refractivity contribution in [2.75, 3.05) is 0 Å². The second-order valence-electron chi connectivity index (χ2n) is 8.43. The molecule has 0 aliphatic carbocycles. The molecule has 4 nitrogen and oxygen atoms in total. The number of hydrogen-bond acceptors (Lipinski definition) is 4. The maximum Gasteiger partial charge on any atom is 0.123 e. The first-order valence-corrected chi connectivity index (χ1v) is 11.2. The maximum atomic E-state index is 10.4. The molecule has 0 saturated carbocycles. The highest BCUT2D eigenvalue weighted by atomic mass is 16.3. The highest BCUT2D eigenvalue weighted by Gasteiger charge is 2.14. The highest BCUT2D eigenvalue weighted by Crippen LogP contribution is 2.33. The molecule has 0 spiro atoms. The van der Waals surface area contributed by atoms with Crippen LogP contribution in [0.3, 0.4) is 0 Å². The van der Waals surface area contributed by atoms with Crippen molar-refractivity contribution in [3.63, 3.8) is 0 Å². The largest absolute Gasteiger partial charge is 0.508 e. The molecule has 0 heterocycles. The predicted octanol–water partition coefficient (Wildman–Crippen LogP) is 6.53. The summed E-state index contributed by atoms with van der Waals surface area (Å²) in [5.41, 5.74) is 5.09. The van der Waals surface area contributed by atoms with Crippen LogP contribution in [0.25, 0.3) is 11.1 Å². The summed E-state index contributed by atoms with van der Waals surface area (Å²) in [6.45, 7) is 0. The van der Waals surface area contributed by atoms with Crippen molar-refractivity contribution in [2.45, 2.75) is 31.6 Å².